The summed E-state index contributed by atoms with van der Waals surface area (Å²) in [4.78, 5) is 0. The first kappa shape index (κ1) is 10.7. The van der Waals surface area contributed by atoms with Crippen LogP contribution in [0.4, 0.5) is 0 Å². The van der Waals surface area contributed by atoms with Crippen LogP contribution in [0.25, 0.3) is 0 Å². The van der Waals surface area contributed by atoms with Gasteiger partial charge in [-0.25, -0.2) is 0 Å². The molecule has 0 aromatic rings. The summed E-state index contributed by atoms with van der Waals surface area (Å²) < 4.78 is 2.37. The van der Waals surface area contributed by atoms with E-state index in [0.717, 1.165) is 8.19 Å². The molecule has 0 aromatic heterocycles. The summed E-state index contributed by atoms with van der Waals surface area (Å²) in [5, 5.41) is 0. The average Bonchev–Trinajstić information content (AvgIpc) is 3.02. The van der Waals surface area contributed by atoms with Crippen LogP contribution in [-0.2, 0) is 27.4 Å². The number of hydrogen-bond acceptors (Lipinski definition) is 0. The van der Waals surface area contributed by atoms with Crippen molar-refractivity contribution in [2.75, 3.05) is 0 Å². The van der Waals surface area contributed by atoms with Crippen molar-refractivity contribution in [2.24, 2.45) is 0 Å². The van der Waals surface area contributed by atoms with E-state index in [1.54, 1.807) is 0 Å². The Morgan fingerprint density at radius 2 is 0.688 bits per heavy atom. The molecule has 3 aliphatic carbocycles. The minimum absolute atomic E-state index is 0.789. The number of rotatable bonds is 3. The van der Waals surface area contributed by atoms with Gasteiger partial charge in [0.1, 0.15) is 0 Å². The van der Waals surface area contributed by atoms with Gasteiger partial charge in [0.25, 0.3) is 0 Å². The Morgan fingerprint density at radius 1 is 0.438 bits per heavy atom. The maximum atomic E-state index is 2.42. The first-order chi connectivity index (χ1) is 7.95. The van der Waals surface area contributed by atoms with Gasteiger partial charge in [0.05, 0.1) is 0 Å². The van der Waals surface area contributed by atoms with E-state index >= 15 is 0 Å². The van der Waals surface area contributed by atoms with Crippen LogP contribution in [0.15, 0.2) is 72.9 Å². The molecule has 0 spiro atoms. The monoisotopic (exact) mass is 284 g/mol. The SMILES string of the molecule is C1=C[CH]([Y]([CH]2C=CC=C2)[CH]2C=CC=C2)C=C1. The van der Waals surface area contributed by atoms with Crippen LogP contribution in [-0.4, -0.2) is 0 Å². The molecule has 3 aliphatic rings. The summed E-state index contributed by atoms with van der Waals surface area (Å²) in [6.07, 6.45) is 27.8. The molecule has 16 heavy (non-hydrogen) atoms. The van der Waals surface area contributed by atoms with Gasteiger partial charge >= 0.3 is 109 Å². The summed E-state index contributed by atoms with van der Waals surface area (Å²) in [7, 11) is 0. The summed E-state index contributed by atoms with van der Waals surface area (Å²) >= 11 is -1.71. The van der Waals surface area contributed by atoms with Gasteiger partial charge in [-0.3, -0.25) is 0 Å². The predicted molar refractivity (Wildman–Crippen MR) is 66.1 cm³/mol. The van der Waals surface area contributed by atoms with E-state index in [1.807, 2.05) is 0 Å². The molecule has 0 fully saturated rings. The second kappa shape index (κ2) is 4.81. The quantitative estimate of drug-likeness (QED) is 0.723. The van der Waals surface area contributed by atoms with Crippen LogP contribution in [0.2, 0.25) is 8.19 Å². The Labute approximate surface area is 108 Å². The third-order valence-corrected chi connectivity index (χ3v) is 13.5. The molecule has 0 unspecified atom stereocenters. The molecule has 0 nitrogen and oxygen atoms in total. The average molecular weight is 284 g/mol. The van der Waals surface area contributed by atoms with Gasteiger partial charge in [-0.05, 0) is 0 Å². The van der Waals surface area contributed by atoms with E-state index < -0.39 is 27.4 Å². The van der Waals surface area contributed by atoms with Crippen LogP contribution >= 0.6 is 0 Å². The topological polar surface area (TPSA) is 0 Å². The standard InChI is InChI=1S/3C5H5.Y/c3*1-2-4-5-3-1;/h3*1-5H;. The van der Waals surface area contributed by atoms with Crippen LogP contribution in [0.5, 0.6) is 0 Å². The zero-order valence-corrected chi connectivity index (χ0v) is 12.1. The number of allylic oxidation sites excluding steroid dienone is 12. The second-order valence-electron chi connectivity index (χ2n) is 4.62. The van der Waals surface area contributed by atoms with Crippen molar-refractivity contribution in [1.82, 2.24) is 0 Å². The Hall–Kier alpha value is -0.456. The van der Waals surface area contributed by atoms with Gasteiger partial charge < -0.3 is 0 Å². The first-order valence-electron chi connectivity index (χ1n) is 6.00. The Morgan fingerprint density at radius 3 is 0.938 bits per heavy atom. The van der Waals surface area contributed by atoms with Gasteiger partial charge in [-0.1, -0.05) is 0 Å². The third-order valence-electron chi connectivity index (χ3n) is 3.67. The molecule has 0 aromatic carbocycles. The molecule has 0 heterocycles. The maximum absolute atomic E-state index is 2.42. The predicted octanol–water partition coefficient (Wildman–Crippen LogP) is 4.35. The van der Waals surface area contributed by atoms with Crippen molar-refractivity contribution >= 4 is 0 Å². The van der Waals surface area contributed by atoms with E-state index in [2.05, 4.69) is 72.9 Å². The fraction of sp³-hybridized carbons (Fsp3) is 0.200. The molecule has 0 radical (unpaired) electrons. The van der Waals surface area contributed by atoms with Gasteiger partial charge in [0, 0.05) is 0 Å². The fourth-order valence-corrected chi connectivity index (χ4v) is 12.3. The molecule has 78 valence electrons. The van der Waals surface area contributed by atoms with Crippen molar-refractivity contribution < 1.29 is 27.4 Å². The summed E-state index contributed by atoms with van der Waals surface area (Å²) in [6, 6.07) is 0. The van der Waals surface area contributed by atoms with E-state index in [-0.39, 0.29) is 0 Å². The van der Waals surface area contributed by atoms with Gasteiger partial charge in [-0.15, -0.1) is 0 Å². The fourth-order valence-electron chi connectivity index (χ4n) is 2.89. The van der Waals surface area contributed by atoms with E-state index in [0.29, 0.717) is 0 Å². The summed E-state index contributed by atoms with van der Waals surface area (Å²) in [6.45, 7) is 0. The van der Waals surface area contributed by atoms with Crippen molar-refractivity contribution in [3.8, 4) is 0 Å². The Kier molecular flexibility index (Phi) is 3.21. The Balaban J connectivity index is 1.87. The zero-order valence-electron chi connectivity index (χ0n) is 9.24. The van der Waals surface area contributed by atoms with E-state index in [9.17, 15) is 0 Å². The zero-order chi connectivity index (χ0) is 10.8. The van der Waals surface area contributed by atoms with Crippen molar-refractivity contribution in [2.45, 2.75) is 8.19 Å². The normalized spacial score (nSPS) is 23.2. The molecular formula is C15H15Y. The minimum atomic E-state index is -1.71. The summed E-state index contributed by atoms with van der Waals surface area (Å²) in [5.41, 5.74) is 0. The first-order valence-corrected chi connectivity index (χ1v) is 10.9. The molecule has 0 N–H and O–H groups in total. The second-order valence-corrected chi connectivity index (χ2v) is 13.1. The third kappa shape index (κ3) is 2.01. The van der Waals surface area contributed by atoms with Crippen molar-refractivity contribution in [3.63, 3.8) is 0 Å². The van der Waals surface area contributed by atoms with E-state index in [4.69, 9.17) is 0 Å². The molecule has 3 rings (SSSR count). The van der Waals surface area contributed by atoms with Gasteiger partial charge in [0.2, 0.25) is 0 Å². The van der Waals surface area contributed by atoms with E-state index in [1.165, 1.54) is 0 Å². The molecule has 0 atom stereocenters. The van der Waals surface area contributed by atoms with Crippen LogP contribution in [0.3, 0.4) is 0 Å². The molecular weight excluding hydrogens is 269 g/mol. The van der Waals surface area contributed by atoms with Crippen LogP contribution < -0.4 is 0 Å². The van der Waals surface area contributed by atoms with Gasteiger partial charge in [-0.2, -0.15) is 0 Å². The van der Waals surface area contributed by atoms with Crippen molar-refractivity contribution in [1.29, 1.82) is 0 Å². The molecule has 1 heteroatoms. The Bertz CT molecular complexity index is 332. The van der Waals surface area contributed by atoms with Crippen LogP contribution in [0.1, 0.15) is 0 Å². The summed E-state index contributed by atoms with van der Waals surface area (Å²) in [5.74, 6) is 0. The molecule has 0 bridgehead atoms. The number of hydrogen-bond donors (Lipinski definition) is 0. The van der Waals surface area contributed by atoms with Gasteiger partial charge in [0.15, 0.2) is 0 Å². The molecule has 0 saturated heterocycles. The van der Waals surface area contributed by atoms with Crippen LogP contribution in [0, 0.1) is 0 Å². The molecule has 0 saturated carbocycles. The molecule has 0 aliphatic heterocycles. The molecule has 0 amide bonds. The van der Waals surface area contributed by atoms with Crippen molar-refractivity contribution in [3.05, 3.63) is 72.9 Å².